The van der Waals surface area contributed by atoms with E-state index in [1.165, 1.54) is 0 Å². The molecule has 0 aliphatic heterocycles. The van der Waals surface area contributed by atoms with Crippen LogP contribution in [0.25, 0.3) is 0 Å². The molecule has 0 aromatic heterocycles. The summed E-state index contributed by atoms with van der Waals surface area (Å²) in [5, 5.41) is 0.527. The summed E-state index contributed by atoms with van der Waals surface area (Å²) in [6.07, 6.45) is 0. The zero-order chi connectivity index (χ0) is 13.8. The van der Waals surface area contributed by atoms with Crippen molar-refractivity contribution >= 4 is 17.6 Å². The van der Waals surface area contributed by atoms with Crippen molar-refractivity contribution in [2.45, 2.75) is 32.9 Å². The van der Waals surface area contributed by atoms with Gasteiger partial charge in [0, 0.05) is 11.6 Å². The second-order valence-corrected chi connectivity index (χ2v) is 5.24. The molecule has 0 saturated heterocycles. The molecule has 0 heterocycles. The van der Waals surface area contributed by atoms with Gasteiger partial charge in [-0.05, 0) is 38.5 Å². The molecule has 4 nitrogen and oxygen atoms in total. The monoisotopic (exact) mass is 271 g/mol. The molecular weight excluding hydrogens is 254 g/mol. The fraction of sp³-hybridized carbons (Fsp3) is 0.462. The van der Waals surface area contributed by atoms with Crippen LogP contribution < -0.4 is 10.5 Å². The summed E-state index contributed by atoms with van der Waals surface area (Å²) >= 11 is 5.98. The lowest BCUT2D eigenvalue weighted by molar-refractivity contribution is -0.157. The van der Waals surface area contributed by atoms with Crippen molar-refractivity contribution in [2.24, 2.45) is 5.73 Å². The van der Waals surface area contributed by atoms with Gasteiger partial charge < -0.3 is 15.2 Å². The molecule has 0 spiro atoms. The minimum atomic E-state index is -0.512. The van der Waals surface area contributed by atoms with Gasteiger partial charge in [0.05, 0.1) is 0 Å². The molecule has 100 valence electrons. The third-order valence-corrected chi connectivity index (χ3v) is 2.37. The molecule has 0 amide bonds. The summed E-state index contributed by atoms with van der Waals surface area (Å²) in [5.41, 5.74) is 5.82. The smallest absolute Gasteiger partial charge is 0.344 e. The Bertz CT molecular complexity index is 427. The quantitative estimate of drug-likeness (QED) is 0.855. The lowest BCUT2D eigenvalue weighted by atomic mass is 10.2. The van der Waals surface area contributed by atoms with E-state index in [9.17, 15) is 4.79 Å². The first-order valence-electron chi connectivity index (χ1n) is 5.65. The van der Waals surface area contributed by atoms with E-state index < -0.39 is 11.6 Å². The molecule has 0 aliphatic carbocycles. The Labute approximate surface area is 112 Å². The molecule has 1 rings (SSSR count). The van der Waals surface area contributed by atoms with E-state index in [2.05, 4.69) is 0 Å². The molecule has 0 aliphatic rings. The van der Waals surface area contributed by atoms with Crippen molar-refractivity contribution < 1.29 is 14.3 Å². The van der Waals surface area contributed by atoms with Gasteiger partial charge in [-0.3, -0.25) is 0 Å². The van der Waals surface area contributed by atoms with Crippen LogP contribution >= 0.6 is 11.6 Å². The molecule has 1 aromatic carbocycles. The van der Waals surface area contributed by atoms with Gasteiger partial charge in [0.2, 0.25) is 0 Å². The summed E-state index contributed by atoms with van der Waals surface area (Å²) in [6.45, 7) is 5.63. The van der Waals surface area contributed by atoms with Gasteiger partial charge in [0.15, 0.2) is 6.61 Å². The molecular formula is C13H18ClNO3. The van der Waals surface area contributed by atoms with Crippen molar-refractivity contribution in [3.8, 4) is 5.75 Å². The van der Waals surface area contributed by atoms with Crippen LogP contribution in [-0.4, -0.2) is 18.2 Å². The molecule has 0 saturated carbocycles. The zero-order valence-electron chi connectivity index (χ0n) is 10.8. The van der Waals surface area contributed by atoms with Crippen molar-refractivity contribution in [1.29, 1.82) is 0 Å². The molecule has 0 fully saturated rings. The summed E-state index contributed by atoms with van der Waals surface area (Å²) < 4.78 is 10.4. The fourth-order valence-electron chi connectivity index (χ4n) is 1.30. The van der Waals surface area contributed by atoms with Gasteiger partial charge in [-0.2, -0.15) is 0 Å². The number of benzene rings is 1. The number of esters is 1. The van der Waals surface area contributed by atoms with Gasteiger partial charge in [-0.15, -0.1) is 0 Å². The number of rotatable bonds is 4. The van der Waals surface area contributed by atoms with Gasteiger partial charge in [0.25, 0.3) is 0 Å². The fourth-order valence-corrected chi connectivity index (χ4v) is 1.54. The van der Waals surface area contributed by atoms with Crippen molar-refractivity contribution in [2.75, 3.05) is 6.61 Å². The van der Waals surface area contributed by atoms with Gasteiger partial charge in [-0.1, -0.05) is 17.7 Å². The summed E-state index contributed by atoms with van der Waals surface area (Å²) in [6, 6.07) is 5.12. The van der Waals surface area contributed by atoms with Gasteiger partial charge in [-0.25, -0.2) is 4.79 Å². The number of carbonyl (C=O) groups is 1. The Morgan fingerprint density at radius 2 is 2.06 bits per heavy atom. The summed E-state index contributed by atoms with van der Waals surface area (Å²) in [7, 11) is 0. The summed E-state index contributed by atoms with van der Waals surface area (Å²) in [5.74, 6) is 0.101. The molecule has 5 heteroatoms. The third-order valence-electron chi connectivity index (χ3n) is 2.02. The Balaban J connectivity index is 2.54. The van der Waals surface area contributed by atoms with Crippen LogP contribution in [0.5, 0.6) is 5.75 Å². The maximum Gasteiger partial charge on any atom is 0.344 e. The molecule has 0 unspecified atom stereocenters. The molecule has 0 atom stereocenters. The number of hydrogen-bond donors (Lipinski definition) is 1. The summed E-state index contributed by atoms with van der Waals surface area (Å²) in [4.78, 5) is 11.4. The van der Waals surface area contributed by atoms with Crippen molar-refractivity contribution in [3.05, 3.63) is 28.8 Å². The number of hydrogen-bond acceptors (Lipinski definition) is 4. The van der Waals surface area contributed by atoms with Crippen LogP contribution in [0.1, 0.15) is 26.3 Å². The van der Waals surface area contributed by atoms with Crippen LogP contribution in [0, 0.1) is 0 Å². The van der Waals surface area contributed by atoms with E-state index in [1.807, 2.05) is 0 Å². The Hall–Kier alpha value is -1.26. The average molecular weight is 272 g/mol. The number of carbonyl (C=O) groups excluding carboxylic acids is 1. The highest BCUT2D eigenvalue weighted by Gasteiger charge is 2.16. The Morgan fingerprint density at radius 1 is 1.39 bits per heavy atom. The van der Waals surface area contributed by atoms with Crippen LogP contribution in [0.2, 0.25) is 5.02 Å². The molecule has 2 N–H and O–H groups in total. The maximum atomic E-state index is 11.4. The Morgan fingerprint density at radius 3 is 2.56 bits per heavy atom. The SMILES string of the molecule is CC(C)(C)OC(=O)COc1ccc(CN)c(Cl)c1. The first-order chi connectivity index (χ1) is 8.31. The van der Waals surface area contributed by atoms with E-state index in [1.54, 1.807) is 39.0 Å². The molecule has 18 heavy (non-hydrogen) atoms. The lowest BCUT2D eigenvalue weighted by Gasteiger charge is -2.19. The zero-order valence-corrected chi connectivity index (χ0v) is 11.6. The molecule has 1 aromatic rings. The minimum absolute atomic E-state index is 0.143. The minimum Gasteiger partial charge on any atom is -0.482 e. The average Bonchev–Trinajstić information content (AvgIpc) is 2.24. The standard InChI is InChI=1S/C13H18ClNO3/c1-13(2,3)18-12(16)8-17-10-5-4-9(7-15)11(14)6-10/h4-6H,7-8,15H2,1-3H3. The highest BCUT2D eigenvalue weighted by molar-refractivity contribution is 6.31. The van der Waals surface area contributed by atoms with E-state index >= 15 is 0 Å². The highest BCUT2D eigenvalue weighted by Crippen LogP contribution is 2.22. The van der Waals surface area contributed by atoms with E-state index in [-0.39, 0.29) is 6.61 Å². The van der Waals surface area contributed by atoms with Crippen LogP contribution in [0.3, 0.4) is 0 Å². The van der Waals surface area contributed by atoms with E-state index in [4.69, 9.17) is 26.8 Å². The van der Waals surface area contributed by atoms with Crippen molar-refractivity contribution in [3.63, 3.8) is 0 Å². The normalized spacial score (nSPS) is 11.2. The number of nitrogens with two attached hydrogens (primary N) is 1. The topological polar surface area (TPSA) is 61.5 Å². The van der Waals surface area contributed by atoms with Crippen LogP contribution in [0.15, 0.2) is 18.2 Å². The van der Waals surface area contributed by atoms with Gasteiger partial charge >= 0.3 is 5.97 Å². The van der Waals surface area contributed by atoms with E-state index in [0.717, 1.165) is 5.56 Å². The molecule has 0 radical (unpaired) electrons. The maximum absolute atomic E-state index is 11.4. The predicted octanol–water partition coefficient (Wildman–Crippen LogP) is 2.52. The highest BCUT2D eigenvalue weighted by atomic mass is 35.5. The van der Waals surface area contributed by atoms with Crippen LogP contribution in [-0.2, 0) is 16.1 Å². The largest absolute Gasteiger partial charge is 0.482 e. The first-order valence-corrected chi connectivity index (χ1v) is 6.03. The van der Waals surface area contributed by atoms with E-state index in [0.29, 0.717) is 17.3 Å². The third kappa shape index (κ3) is 4.94. The first kappa shape index (κ1) is 14.8. The van der Waals surface area contributed by atoms with Gasteiger partial charge in [0.1, 0.15) is 11.4 Å². The second kappa shape index (κ2) is 6.07. The number of ether oxygens (including phenoxy) is 2. The van der Waals surface area contributed by atoms with Crippen LogP contribution in [0.4, 0.5) is 0 Å². The van der Waals surface area contributed by atoms with Crippen molar-refractivity contribution in [1.82, 2.24) is 0 Å². The Kier molecular flexibility index (Phi) is 4.99. The second-order valence-electron chi connectivity index (χ2n) is 4.83. The predicted molar refractivity (Wildman–Crippen MR) is 70.7 cm³/mol. The molecule has 0 bridgehead atoms. The number of halogens is 1. The lowest BCUT2D eigenvalue weighted by Crippen LogP contribution is -2.27.